The van der Waals surface area contributed by atoms with Gasteiger partial charge < -0.3 is 4.74 Å². The van der Waals surface area contributed by atoms with Gasteiger partial charge in [-0.3, -0.25) is 4.99 Å². The molecule has 3 nitrogen and oxygen atoms in total. The van der Waals surface area contributed by atoms with Crippen LogP contribution < -0.4 is 0 Å². The van der Waals surface area contributed by atoms with Gasteiger partial charge in [0.2, 0.25) is 0 Å². The molecule has 0 bridgehead atoms. The lowest BCUT2D eigenvalue weighted by molar-refractivity contribution is 0.0497. The van der Waals surface area contributed by atoms with E-state index in [2.05, 4.69) is 11.9 Å². The fourth-order valence-corrected chi connectivity index (χ4v) is 2.90. The lowest BCUT2D eigenvalue weighted by Crippen LogP contribution is -2.06. The predicted molar refractivity (Wildman–Crippen MR) is 102 cm³/mol. The standard InChI is InChI=1S/C20H25NO2S/c1-2-3-4-5-6-7-14-23-20(22)17-10-12-18(13-11-17)21-16-19-9-8-15-24-19/h8-13,15-16H,2-7,14H2,1H3. The van der Waals surface area contributed by atoms with Crippen LogP contribution in [0.2, 0.25) is 0 Å². The summed E-state index contributed by atoms with van der Waals surface area (Å²) >= 11 is 1.64. The molecule has 1 aromatic heterocycles. The number of carbonyl (C=O) groups is 1. The van der Waals surface area contributed by atoms with Crippen LogP contribution in [0, 0.1) is 0 Å². The molecule has 0 amide bonds. The zero-order valence-electron chi connectivity index (χ0n) is 14.2. The van der Waals surface area contributed by atoms with Gasteiger partial charge in [0, 0.05) is 11.1 Å². The SMILES string of the molecule is CCCCCCCCOC(=O)c1ccc(N=Cc2cccs2)cc1. The van der Waals surface area contributed by atoms with E-state index in [0.29, 0.717) is 12.2 Å². The van der Waals surface area contributed by atoms with Gasteiger partial charge in [0.05, 0.1) is 17.9 Å². The fourth-order valence-electron chi connectivity index (χ4n) is 2.32. The molecule has 0 saturated carbocycles. The molecule has 2 aromatic rings. The van der Waals surface area contributed by atoms with Gasteiger partial charge in [-0.05, 0) is 42.1 Å². The maximum Gasteiger partial charge on any atom is 0.338 e. The summed E-state index contributed by atoms with van der Waals surface area (Å²) in [5.41, 5.74) is 1.41. The summed E-state index contributed by atoms with van der Waals surface area (Å²) in [7, 11) is 0. The van der Waals surface area contributed by atoms with E-state index in [4.69, 9.17) is 4.74 Å². The molecule has 4 heteroatoms. The number of aliphatic imine (C=N–C) groups is 1. The minimum absolute atomic E-state index is 0.252. The summed E-state index contributed by atoms with van der Waals surface area (Å²) in [6, 6.07) is 11.2. The van der Waals surface area contributed by atoms with Crippen LogP contribution >= 0.6 is 11.3 Å². The van der Waals surface area contributed by atoms with Crippen molar-refractivity contribution in [3.05, 3.63) is 52.2 Å². The highest BCUT2D eigenvalue weighted by atomic mass is 32.1. The topological polar surface area (TPSA) is 38.7 Å². The first-order valence-corrected chi connectivity index (χ1v) is 9.52. The van der Waals surface area contributed by atoms with Crippen LogP contribution in [0.15, 0.2) is 46.8 Å². The number of hydrogen-bond donors (Lipinski definition) is 0. The molecule has 0 N–H and O–H groups in total. The van der Waals surface area contributed by atoms with Crippen molar-refractivity contribution in [1.29, 1.82) is 0 Å². The highest BCUT2D eigenvalue weighted by Crippen LogP contribution is 2.15. The van der Waals surface area contributed by atoms with E-state index in [-0.39, 0.29) is 5.97 Å². The van der Waals surface area contributed by atoms with Crippen molar-refractivity contribution in [2.75, 3.05) is 6.61 Å². The first-order chi connectivity index (χ1) is 11.8. The Morgan fingerprint density at radius 1 is 1.08 bits per heavy atom. The molecular weight excluding hydrogens is 318 g/mol. The Morgan fingerprint density at radius 3 is 2.54 bits per heavy atom. The van der Waals surface area contributed by atoms with E-state index in [1.54, 1.807) is 23.5 Å². The van der Waals surface area contributed by atoms with Crippen molar-refractivity contribution in [3.63, 3.8) is 0 Å². The molecule has 0 saturated heterocycles. The third kappa shape index (κ3) is 6.67. The molecule has 0 radical (unpaired) electrons. The van der Waals surface area contributed by atoms with Crippen molar-refractivity contribution < 1.29 is 9.53 Å². The molecule has 0 aliphatic rings. The van der Waals surface area contributed by atoms with Crippen molar-refractivity contribution in [2.45, 2.75) is 45.4 Å². The second kappa shape index (κ2) is 10.8. The number of nitrogens with zero attached hydrogens (tertiary/aromatic N) is 1. The monoisotopic (exact) mass is 343 g/mol. The number of ether oxygens (including phenoxy) is 1. The van der Waals surface area contributed by atoms with E-state index in [1.165, 1.54) is 25.7 Å². The Kier molecular flexibility index (Phi) is 8.25. The van der Waals surface area contributed by atoms with Crippen LogP contribution in [0.3, 0.4) is 0 Å². The number of benzene rings is 1. The number of carbonyl (C=O) groups excluding carboxylic acids is 1. The molecule has 128 valence electrons. The molecule has 0 aliphatic carbocycles. The van der Waals surface area contributed by atoms with E-state index in [9.17, 15) is 4.79 Å². The second-order valence-electron chi connectivity index (χ2n) is 5.72. The Balaban J connectivity index is 1.71. The van der Waals surface area contributed by atoms with Gasteiger partial charge in [-0.2, -0.15) is 0 Å². The Labute approximate surface area is 148 Å². The molecule has 0 aliphatic heterocycles. The Morgan fingerprint density at radius 2 is 1.83 bits per heavy atom. The minimum Gasteiger partial charge on any atom is -0.462 e. The van der Waals surface area contributed by atoms with Gasteiger partial charge in [0.15, 0.2) is 0 Å². The summed E-state index contributed by atoms with van der Waals surface area (Å²) in [4.78, 5) is 17.5. The van der Waals surface area contributed by atoms with Gasteiger partial charge in [0.25, 0.3) is 0 Å². The maximum absolute atomic E-state index is 12.0. The number of esters is 1. The molecule has 0 spiro atoms. The summed E-state index contributed by atoms with van der Waals surface area (Å²) in [6.07, 6.45) is 8.95. The molecule has 24 heavy (non-hydrogen) atoms. The van der Waals surface area contributed by atoms with E-state index < -0.39 is 0 Å². The largest absolute Gasteiger partial charge is 0.462 e. The third-order valence-electron chi connectivity index (χ3n) is 3.72. The molecule has 0 fully saturated rings. The van der Waals surface area contributed by atoms with Crippen molar-refractivity contribution in [3.8, 4) is 0 Å². The average Bonchev–Trinajstić information content (AvgIpc) is 3.13. The van der Waals surface area contributed by atoms with E-state index in [0.717, 1.165) is 23.4 Å². The summed E-state index contributed by atoms with van der Waals surface area (Å²) in [6.45, 7) is 2.71. The van der Waals surface area contributed by atoms with Crippen LogP contribution in [-0.2, 0) is 4.74 Å². The van der Waals surface area contributed by atoms with Gasteiger partial charge >= 0.3 is 5.97 Å². The number of thiophene rings is 1. The lowest BCUT2D eigenvalue weighted by Gasteiger charge is -2.05. The van der Waals surface area contributed by atoms with Crippen LogP contribution in [0.25, 0.3) is 0 Å². The zero-order valence-corrected chi connectivity index (χ0v) is 15.1. The fraction of sp³-hybridized carbons (Fsp3) is 0.400. The smallest absolute Gasteiger partial charge is 0.338 e. The first-order valence-electron chi connectivity index (χ1n) is 8.64. The maximum atomic E-state index is 12.0. The summed E-state index contributed by atoms with van der Waals surface area (Å²) in [5, 5.41) is 2.02. The molecule has 0 atom stereocenters. The Hall–Kier alpha value is -1.94. The van der Waals surface area contributed by atoms with Crippen LogP contribution in [0.4, 0.5) is 5.69 Å². The first kappa shape index (κ1) is 18.4. The van der Waals surface area contributed by atoms with Crippen molar-refractivity contribution in [1.82, 2.24) is 0 Å². The highest BCUT2D eigenvalue weighted by molar-refractivity contribution is 7.11. The third-order valence-corrected chi connectivity index (χ3v) is 4.52. The molecule has 0 unspecified atom stereocenters. The van der Waals surface area contributed by atoms with Crippen LogP contribution in [0.5, 0.6) is 0 Å². The van der Waals surface area contributed by atoms with Crippen LogP contribution in [-0.4, -0.2) is 18.8 Å². The van der Waals surface area contributed by atoms with E-state index in [1.807, 2.05) is 35.9 Å². The van der Waals surface area contributed by atoms with Crippen molar-refractivity contribution in [2.24, 2.45) is 4.99 Å². The average molecular weight is 343 g/mol. The number of hydrogen-bond acceptors (Lipinski definition) is 4. The molecule has 1 aromatic carbocycles. The number of rotatable bonds is 10. The molecular formula is C20H25NO2S. The highest BCUT2D eigenvalue weighted by Gasteiger charge is 2.06. The van der Waals surface area contributed by atoms with Gasteiger partial charge in [0.1, 0.15) is 0 Å². The van der Waals surface area contributed by atoms with Crippen molar-refractivity contribution >= 4 is 29.2 Å². The van der Waals surface area contributed by atoms with E-state index >= 15 is 0 Å². The lowest BCUT2D eigenvalue weighted by atomic mass is 10.1. The van der Waals surface area contributed by atoms with Crippen LogP contribution in [0.1, 0.15) is 60.7 Å². The van der Waals surface area contributed by atoms with Gasteiger partial charge in [-0.25, -0.2) is 4.79 Å². The summed E-state index contributed by atoms with van der Waals surface area (Å²) in [5.74, 6) is -0.252. The van der Waals surface area contributed by atoms with Gasteiger partial charge in [-0.15, -0.1) is 11.3 Å². The van der Waals surface area contributed by atoms with Gasteiger partial charge in [-0.1, -0.05) is 45.1 Å². The summed E-state index contributed by atoms with van der Waals surface area (Å²) < 4.78 is 5.32. The Bertz CT molecular complexity index is 618. The predicted octanol–water partition coefficient (Wildman–Crippen LogP) is 6.02. The minimum atomic E-state index is -0.252. The second-order valence-corrected chi connectivity index (χ2v) is 6.70. The number of unbranched alkanes of at least 4 members (excludes halogenated alkanes) is 5. The zero-order chi connectivity index (χ0) is 17.0. The molecule has 1 heterocycles. The quantitative estimate of drug-likeness (QED) is 0.301. The normalized spacial score (nSPS) is 11.0. The molecule has 2 rings (SSSR count).